The van der Waals surface area contributed by atoms with Crippen LogP contribution in [0.25, 0.3) is 0 Å². The van der Waals surface area contributed by atoms with Gasteiger partial charge in [0.2, 0.25) is 23.6 Å². The number of hydrogen-bond donors (Lipinski definition) is 9. The summed E-state index contributed by atoms with van der Waals surface area (Å²) < 4.78 is 0. The molecule has 0 fully saturated rings. The first-order valence-electron chi connectivity index (χ1n) is 10.6. The number of aliphatic carboxylic acids is 2. The van der Waals surface area contributed by atoms with Crippen LogP contribution in [0.3, 0.4) is 0 Å². The highest BCUT2D eigenvalue weighted by Crippen LogP contribution is 2.06. The maximum atomic E-state index is 12.8. The number of unbranched alkanes of at least 4 members (excludes halogenated alkanes) is 1. The fraction of sp³-hybridized carbons (Fsp3) is 0.684. The number of carbonyl (C=O) groups is 6. The molecule has 0 saturated heterocycles. The molecule has 4 atom stereocenters. The topological polar surface area (TPSA) is 277 Å². The van der Waals surface area contributed by atoms with Crippen molar-refractivity contribution >= 4 is 35.6 Å². The van der Waals surface area contributed by atoms with E-state index < -0.39 is 66.3 Å². The quantitative estimate of drug-likeness (QED) is 0.0837. The van der Waals surface area contributed by atoms with Crippen molar-refractivity contribution in [2.75, 3.05) is 13.2 Å². The molecular formula is C19H34N6O9. The molecule has 0 aliphatic rings. The molecular weight excluding hydrogens is 456 g/mol. The van der Waals surface area contributed by atoms with Crippen molar-refractivity contribution in [1.29, 1.82) is 0 Å². The summed E-state index contributed by atoms with van der Waals surface area (Å²) in [6, 6.07) is -5.42. The summed E-state index contributed by atoms with van der Waals surface area (Å²) in [6.45, 7) is -0.571. The number of carbonyl (C=O) groups excluding carboxylic acids is 4. The summed E-state index contributed by atoms with van der Waals surface area (Å²) in [4.78, 5) is 70.6. The first kappa shape index (κ1) is 30.7. The van der Waals surface area contributed by atoms with Gasteiger partial charge in [0.15, 0.2) is 0 Å². The standard InChI is InChI=1S/C19H34N6O9/c20-8-2-1-3-11(17(31)25-13(9-26)19(33)34)24-18(32)12(5-6-14(22)27)23-16(30)10(21)4-7-15(28)29/h10-13,26H,1-9,20-21H2,(H2,22,27)(H,23,30)(H,24,32)(H,25,31)(H,28,29)(H,33,34). The molecule has 0 spiro atoms. The number of primary amides is 1. The first-order chi connectivity index (χ1) is 15.9. The highest BCUT2D eigenvalue weighted by molar-refractivity contribution is 5.94. The monoisotopic (exact) mass is 490 g/mol. The van der Waals surface area contributed by atoms with Gasteiger partial charge in [-0.15, -0.1) is 0 Å². The maximum Gasteiger partial charge on any atom is 0.328 e. The van der Waals surface area contributed by atoms with Crippen LogP contribution in [0.2, 0.25) is 0 Å². The van der Waals surface area contributed by atoms with Gasteiger partial charge in [-0.2, -0.15) is 0 Å². The molecule has 194 valence electrons. The van der Waals surface area contributed by atoms with Gasteiger partial charge in [-0.25, -0.2) is 4.79 Å². The van der Waals surface area contributed by atoms with E-state index >= 15 is 0 Å². The lowest BCUT2D eigenvalue weighted by Gasteiger charge is -2.25. The van der Waals surface area contributed by atoms with Crippen LogP contribution >= 0.6 is 0 Å². The van der Waals surface area contributed by atoms with Crippen LogP contribution in [0.5, 0.6) is 0 Å². The molecule has 0 radical (unpaired) electrons. The second kappa shape index (κ2) is 16.3. The van der Waals surface area contributed by atoms with Crippen molar-refractivity contribution in [1.82, 2.24) is 16.0 Å². The molecule has 4 unspecified atom stereocenters. The Balaban J connectivity index is 5.46. The fourth-order valence-electron chi connectivity index (χ4n) is 2.74. The Morgan fingerprint density at radius 3 is 1.74 bits per heavy atom. The van der Waals surface area contributed by atoms with Gasteiger partial charge in [-0.1, -0.05) is 0 Å². The Morgan fingerprint density at radius 2 is 1.26 bits per heavy atom. The number of aliphatic hydroxyl groups excluding tert-OH is 1. The van der Waals surface area contributed by atoms with Gasteiger partial charge in [-0.05, 0) is 38.6 Å². The maximum absolute atomic E-state index is 12.8. The fourth-order valence-corrected chi connectivity index (χ4v) is 2.74. The van der Waals surface area contributed by atoms with Gasteiger partial charge in [0.25, 0.3) is 0 Å². The van der Waals surface area contributed by atoms with Crippen LogP contribution in [0.1, 0.15) is 44.9 Å². The third kappa shape index (κ3) is 12.7. The summed E-state index contributed by atoms with van der Waals surface area (Å²) in [7, 11) is 0. The molecule has 0 aromatic rings. The first-order valence-corrected chi connectivity index (χ1v) is 10.6. The average Bonchev–Trinajstić information content (AvgIpc) is 2.76. The number of nitrogens with two attached hydrogens (primary N) is 3. The molecule has 15 nitrogen and oxygen atoms in total. The second-order valence-electron chi connectivity index (χ2n) is 7.53. The summed E-state index contributed by atoms with van der Waals surface area (Å²) in [6.07, 6.45) is -0.144. The number of nitrogens with one attached hydrogen (secondary N) is 3. The van der Waals surface area contributed by atoms with Crippen LogP contribution in [0.4, 0.5) is 0 Å². The highest BCUT2D eigenvalue weighted by atomic mass is 16.4. The Labute approximate surface area is 195 Å². The van der Waals surface area contributed by atoms with E-state index in [0.29, 0.717) is 19.4 Å². The third-order valence-electron chi connectivity index (χ3n) is 4.70. The van der Waals surface area contributed by atoms with E-state index in [9.17, 15) is 28.8 Å². The van der Waals surface area contributed by atoms with Crippen molar-refractivity contribution in [2.45, 2.75) is 69.1 Å². The summed E-state index contributed by atoms with van der Waals surface area (Å²) >= 11 is 0. The van der Waals surface area contributed by atoms with Crippen molar-refractivity contribution < 1.29 is 44.1 Å². The lowest BCUT2D eigenvalue weighted by atomic mass is 10.0. The van der Waals surface area contributed by atoms with Gasteiger partial charge < -0.3 is 48.5 Å². The van der Waals surface area contributed by atoms with Gasteiger partial charge in [0.1, 0.15) is 18.1 Å². The minimum absolute atomic E-state index is 0.0706. The van der Waals surface area contributed by atoms with Gasteiger partial charge in [-0.3, -0.25) is 24.0 Å². The Kier molecular flexibility index (Phi) is 14.7. The number of rotatable bonds is 18. The molecule has 12 N–H and O–H groups in total. The zero-order valence-electron chi connectivity index (χ0n) is 18.7. The molecule has 0 aromatic carbocycles. The molecule has 0 heterocycles. The molecule has 0 saturated carbocycles. The predicted octanol–water partition coefficient (Wildman–Crippen LogP) is -3.90. The number of amides is 4. The van der Waals surface area contributed by atoms with E-state index in [-0.39, 0.29) is 32.1 Å². The van der Waals surface area contributed by atoms with Crippen LogP contribution in [0.15, 0.2) is 0 Å². The minimum atomic E-state index is -1.60. The molecule has 0 bridgehead atoms. The third-order valence-corrected chi connectivity index (χ3v) is 4.70. The largest absolute Gasteiger partial charge is 0.481 e. The van der Waals surface area contributed by atoms with Crippen molar-refractivity contribution in [3.63, 3.8) is 0 Å². The van der Waals surface area contributed by atoms with Crippen LogP contribution < -0.4 is 33.2 Å². The second-order valence-corrected chi connectivity index (χ2v) is 7.53. The van der Waals surface area contributed by atoms with Crippen molar-refractivity contribution in [2.24, 2.45) is 17.2 Å². The lowest BCUT2D eigenvalue weighted by molar-refractivity contribution is -0.143. The van der Waals surface area contributed by atoms with Gasteiger partial charge >= 0.3 is 11.9 Å². The van der Waals surface area contributed by atoms with Gasteiger partial charge in [0, 0.05) is 12.8 Å². The van der Waals surface area contributed by atoms with E-state index in [0.717, 1.165) is 0 Å². The summed E-state index contributed by atoms with van der Waals surface area (Å²) in [5.74, 6) is -6.01. The van der Waals surface area contributed by atoms with Crippen molar-refractivity contribution in [3.8, 4) is 0 Å². The van der Waals surface area contributed by atoms with Crippen LogP contribution in [-0.4, -0.2) is 88.2 Å². The number of hydrogen-bond acceptors (Lipinski definition) is 9. The zero-order chi connectivity index (χ0) is 26.3. The lowest BCUT2D eigenvalue weighted by Crippen LogP contribution is -2.57. The van der Waals surface area contributed by atoms with E-state index in [1.54, 1.807) is 0 Å². The molecule has 34 heavy (non-hydrogen) atoms. The average molecular weight is 491 g/mol. The van der Waals surface area contributed by atoms with Crippen LogP contribution in [0, 0.1) is 0 Å². The molecule has 15 heteroatoms. The van der Waals surface area contributed by atoms with E-state index in [4.69, 9.17) is 32.5 Å². The van der Waals surface area contributed by atoms with Crippen LogP contribution in [-0.2, 0) is 28.8 Å². The molecule has 0 aromatic heterocycles. The molecule has 0 aliphatic carbocycles. The van der Waals surface area contributed by atoms with E-state index in [1.807, 2.05) is 0 Å². The number of aliphatic hydroxyl groups is 1. The van der Waals surface area contributed by atoms with E-state index in [2.05, 4.69) is 16.0 Å². The normalized spacial score (nSPS) is 14.2. The summed E-state index contributed by atoms with van der Waals surface area (Å²) in [5, 5.41) is 33.7. The highest BCUT2D eigenvalue weighted by Gasteiger charge is 2.30. The Hall–Kier alpha value is -3.30. The smallest absolute Gasteiger partial charge is 0.328 e. The molecule has 4 amide bonds. The molecule has 0 aliphatic heterocycles. The number of carboxylic acids is 2. The molecule has 0 rings (SSSR count). The minimum Gasteiger partial charge on any atom is -0.481 e. The van der Waals surface area contributed by atoms with Crippen molar-refractivity contribution in [3.05, 3.63) is 0 Å². The SMILES string of the molecule is NCCCCC(NC(=O)C(CCC(N)=O)NC(=O)C(N)CCC(=O)O)C(=O)NC(CO)C(=O)O. The Bertz CT molecular complexity index is 733. The zero-order valence-corrected chi connectivity index (χ0v) is 18.7. The van der Waals surface area contributed by atoms with Gasteiger partial charge in [0.05, 0.1) is 12.6 Å². The number of carboxylic acid groups (broad SMARTS) is 2. The Morgan fingerprint density at radius 1 is 0.735 bits per heavy atom. The van der Waals surface area contributed by atoms with E-state index in [1.165, 1.54) is 0 Å². The predicted molar refractivity (Wildman–Crippen MR) is 117 cm³/mol. The summed E-state index contributed by atoms with van der Waals surface area (Å²) in [5.41, 5.74) is 16.2.